The Kier molecular flexibility index (Phi) is 9.96. The van der Waals surface area contributed by atoms with E-state index in [2.05, 4.69) is 17.5 Å². The lowest BCUT2D eigenvalue weighted by molar-refractivity contribution is 0.459. The normalized spacial score (nSPS) is 8.73. The summed E-state index contributed by atoms with van der Waals surface area (Å²) in [7, 11) is 1.50. The van der Waals surface area contributed by atoms with E-state index in [-0.39, 0.29) is 12.4 Å². The number of rotatable bonds is 1. The maximum Gasteiger partial charge on any atom is 0.169 e. The van der Waals surface area contributed by atoms with Crippen LogP contribution in [0, 0.1) is 0 Å². The van der Waals surface area contributed by atoms with Crippen molar-refractivity contribution in [2.75, 3.05) is 7.05 Å². The smallest absolute Gasteiger partial charge is 0.169 e. The maximum atomic E-state index is 5.89. The molecule has 3 aromatic rings. The van der Waals surface area contributed by atoms with Gasteiger partial charge in [0.15, 0.2) is 5.58 Å². The van der Waals surface area contributed by atoms with Crippen LogP contribution in [-0.2, 0) is 0 Å². The Morgan fingerprint density at radius 3 is 2.32 bits per heavy atom. The lowest BCUT2D eigenvalue weighted by Crippen LogP contribution is -1.76. The highest BCUT2D eigenvalue weighted by molar-refractivity contribution is 6.31. The third-order valence-corrected chi connectivity index (χ3v) is 2.72. The summed E-state index contributed by atoms with van der Waals surface area (Å²) in [5, 5.41) is 5.71. The summed E-state index contributed by atoms with van der Waals surface area (Å²) < 4.78 is 5.25. The SMILES string of the molecule is C=CC.CN.Cl.Clc1ccc2c(-c3ccccc3)noc2c1. The van der Waals surface area contributed by atoms with Gasteiger partial charge in [-0.05, 0) is 26.1 Å². The van der Waals surface area contributed by atoms with Crippen molar-refractivity contribution in [1.82, 2.24) is 5.16 Å². The minimum atomic E-state index is 0. The highest BCUT2D eigenvalue weighted by Crippen LogP contribution is 2.29. The molecule has 0 amide bonds. The molecule has 2 aromatic carbocycles. The van der Waals surface area contributed by atoms with Crippen molar-refractivity contribution in [2.24, 2.45) is 5.73 Å². The van der Waals surface area contributed by atoms with Crippen LogP contribution in [0.25, 0.3) is 22.2 Å². The quantitative estimate of drug-likeness (QED) is 0.609. The van der Waals surface area contributed by atoms with E-state index in [9.17, 15) is 0 Å². The average molecular weight is 339 g/mol. The van der Waals surface area contributed by atoms with Crippen molar-refractivity contribution in [1.29, 1.82) is 0 Å². The molecular weight excluding hydrogens is 319 g/mol. The molecule has 22 heavy (non-hydrogen) atoms. The summed E-state index contributed by atoms with van der Waals surface area (Å²) in [6.45, 7) is 5.25. The van der Waals surface area contributed by atoms with Crippen LogP contribution in [-0.4, -0.2) is 12.2 Å². The predicted molar refractivity (Wildman–Crippen MR) is 97.7 cm³/mol. The Bertz CT molecular complexity index is 681. The fourth-order valence-electron chi connectivity index (χ4n) is 1.72. The number of halogens is 2. The second-order valence-corrected chi connectivity index (χ2v) is 4.38. The standard InChI is InChI=1S/C13H8ClNO.C3H6.CH5N.ClH/c14-10-6-7-11-12(8-10)16-15-13(11)9-4-2-1-3-5-9;1-3-2;1-2;/h1-8H;3H,1H2,2H3;2H2,1H3;1H. The maximum absolute atomic E-state index is 5.89. The van der Waals surface area contributed by atoms with Gasteiger partial charge >= 0.3 is 0 Å². The first kappa shape index (κ1) is 20.2. The summed E-state index contributed by atoms with van der Waals surface area (Å²) in [5.41, 5.74) is 7.11. The predicted octanol–water partition coefficient (Wildman–Crippen LogP) is 5.34. The van der Waals surface area contributed by atoms with Crippen molar-refractivity contribution < 1.29 is 4.52 Å². The lowest BCUT2D eigenvalue weighted by Gasteiger charge is -1.95. The summed E-state index contributed by atoms with van der Waals surface area (Å²) in [6.07, 6.45) is 1.75. The Morgan fingerprint density at radius 2 is 1.73 bits per heavy atom. The van der Waals surface area contributed by atoms with Gasteiger partial charge in [0.1, 0.15) is 5.69 Å². The molecule has 0 aliphatic rings. The van der Waals surface area contributed by atoms with Gasteiger partial charge in [-0.2, -0.15) is 0 Å². The van der Waals surface area contributed by atoms with Crippen LogP contribution >= 0.6 is 24.0 Å². The zero-order valence-corrected chi connectivity index (χ0v) is 14.2. The molecule has 0 saturated heterocycles. The number of allylic oxidation sites excluding steroid dienone is 1. The number of nitrogens with two attached hydrogens (primary N) is 1. The van der Waals surface area contributed by atoms with Gasteiger partial charge < -0.3 is 10.3 Å². The molecule has 118 valence electrons. The number of aromatic nitrogens is 1. The van der Waals surface area contributed by atoms with E-state index in [1.54, 1.807) is 12.1 Å². The van der Waals surface area contributed by atoms with Gasteiger partial charge in [0, 0.05) is 22.0 Å². The molecule has 0 unspecified atom stereocenters. The summed E-state index contributed by atoms with van der Waals surface area (Å²) in [5.74, 6) is 0. The van der Waals surface area contributed by atoms with Crippen LogP contribution in [0.5, 0.6) is 0 Å². The molecule has 0 atom stereocenters. The molecule has 3 nitrogen and oxygen atoms in total. The fourth-order valence-corrected chi connectivity index (χ4v) is 1.88. The molecule has 0 fully saturated rings. The van der Waals surface area contributed by atoms with Crippen molar-refractivity contribution in [3.05, 3.63) is 66.2 Å². The minimum absolute atomic E-state index is 0. The molecule has 0 radical (unpaired) electrons. The summed E-state index contributed by atoms with van der Waals surface area (Å²) in [4.78, 5) is 0. The summed E-state index contributed by atoms with van der Waals surface area (Å²) in [6, 6.07) is 15.5. The first-order chi connectivity index (χ1) is 10.3. The molecule has 1 heterocycles. The lowest BCUT2D eigenvalue weighted by atomic mass is 10.1. The zero-order chi connectivity index (χ0) is 15.7. The van der Waals surface area contributed by atoms with E-state index in [4.69, 9.17) is 16.1 Å². The van der Waals surface area contributed by atoms with Crippen LogP contribution in [0.3, 0.4) is 0 Å². The molecule has 0 bridgehead atoms. The molecule has 2 N–H and O–H groups in total. The highest BCUT2D eigenvalue weighted by atomic mass is 35.5. The van der Waals surface area contributed by atoms with Gasteiger partial charge in [-0.25, -0.2) is 0 Å². The zero-order valence-electron chi connectivity index (χ0n) is 12.6. The Balaban J connectivity index is 0.000000663. The molecule has 3 rings (SSSR count). The molecular formula is C17H20Cl2N2O. The second kappa shape index (κ2) is 10.9. The van der Waals surface area contributed by atoms with Crippen molar-refractivity contribution in [3.63, 3.8) is 0 Å². The first-order valence-electron chi connectivity index (χ1n) is 6.51. The van der Waals surface area contributed by atoms with Crippen LogP contribution in [0.4, 0.5) is 0 Å². The molecule has 0 saturated carbocycles. The average Bonchev–Trinajstić information content (AvgIpc) is 2.94. The third-order valence-electron chi connectivity index (χ3n) is 2.48. The Morgan fingerprint density at radius 1 is 1.14 bits per heavy atom. The minimum Gasteiger partial charge on any atom is -0.356 e. The van der Waals surface area contributed by atoms with E-state index in [0.29, 0.717) is 10.6 Å². The molecule has 0 spiro atoms. The molecule has 0 aliphatic carbocycles. The van der Waals surface area contributed by atoms with Gasteiger partial charge in [0.05, 0.1) is 0 Å². The van der Waals surface area contributed by atoms with Crippen LogP contribution in [0.2, 0.25) is 5.02 Å². The number of nitrogens with zero attached hydrogens (tertiary/aromatic N) is 1. The van der Waals surface area contributed by atoms with Gasteiger partial charge in [-0.1, -0.05) is 53.2 Å². The van der Waals surface area contributed by atoms with Crippen LogP contribution < -0.4 is 5.73 Å². The number of hydrogen-bond donors (Lipinski definition) is 1. The van der Waals surface area contributed by atoms with Gasteiger partial charge in [-0.15, -0.1) is 19.0 Å². The molecule has 5 heteroatoms. The Labute approximate surface area is 142 Å². The van der Waals surface area contributed by atoms with E-state index in [1.807, 2.05) is 49.4 Å². The van der Waals surface area contributed by atoms with Crippen molar-refractivity contribution >= 4 is 35.0 Å². The van der Waals surface area contributed by atoms with Gasteiger partial charge in [0.25, 0.3) is 0 Å². The highest BCUT2D eigenvalue weighted by Gasteiger charge is 2.09. The number of fused-ring (bicyclic) bond motifs is 1. The third kappa shape index (κ3) is 5.19. The van der Waals surface area contributed by atoms with Crippen LogP contribution in [0.1, 0.15) is 6.92 Å². The fraction of sp³-hybridized carbons (Fsp3) is 0.118. The monoisotopic (exact) mass is 338 g/mol. The number of hydrogen-bond acceptors (Lipinski definition) is 3. The van der Waals surface area contributed by atoms with E-state index >= 15 is 0 Å². The topological polar surface area (TPSA) is 52.0 Å². The van der Waals surface area contributed by atoms with E-state index < -0.39 is 0 Å². The van der Waals surface area contributed by atoms with Crippen molar-refractivity contribution in [3.8, 4) is 11.3 Å². The summed E-state index contributed by atoms with van der Waals surface area (Å²) >= 11 is 5.89. The molecule has 0 aliphatic heterocycles. The van der Waals surface area contributed by atoms with E-state index in [1.165, 1.54) is 7.05 Å². The van der Waals surface area contributed by atoms with Crippen molar-refractivity contribution in [2.45, 2.75) is 6.92 Å². The largest absolute Gasteiger partial charge is 0.356 e. The Hall–Kier alpha value is -1.81. The molecule has 1 aromatic heterocycles. The van der Waals surface area contributed by atoms with Gasteiger partial charge in [0.2, 0.25) is 0 Å². The number of benzene rings is 2. The van der Waals surface area contributed by atoms with E-state index in [0.717, 1.165) is 16.6 Å². The second-order valence-electron chi connectivity index (χ2n) is 3.95. The van der Waals surface area contributed by atoms with Crippen LogP contribution in [0.15, 0.2) is 65.7 Å². The first-order valence-corrected chi connectivity index (χ1v) is 6.89. The van der Waals surface area contributed by atoms with Gasteiger partial charge in [-0.3, -0.25) is 0 Å².